The lowest BCUT2D eigenvalue weighted by molar-refractivity contribution is 0.425. The predicted molar refractivity (Wildman–Crippen MR) is 447 cm³/mol. The second kappa shape index (κ2) is 53.2. The Kier molecular flexibility index (Phi) is 49.3. The van der Waals surface area contributed by atoms with Gasteiger partial charge in [0.1, 0.15) is 0 Å². The number of rotatable bonds is 12. The van der Waals surface area contributed by atoms with Crippen LogP contribution in [0, 0.1) is 20.8 Å². The summed E-state index contributed by atoms with van der Waals surface area (Å²) in [7, 11) is 5.92. The third-order valence-corrected chi connectivity index (χ3v) is 15.4. The molecule has 15 nitrogen and oxygen atoms in total. The molecule has 568 valence electrons. The van der Waals surface area contributed by atoms with E-state index in [-0.39, 0.29) is 14.9 Å². The Morgan fingerprint density at radius 1 is 0.365 bits per heavy atom. The summed E-state index contributed by atoms with van der Waals surface area (Å²) in [6.45, 7) is 56.0. The number of hydrogen-bond acceptors (Lipinski definition) is 11. The van der Waals surface area contributed by atoms with E-state index in [1.807, 2.05) is 194 Å². The minimum atomic E-state index is 0. The minimum absolute atomic E-state index is 0. The zero-order chi connectivity index (χ0) is 77.0. The second-order valence-electron chi connectivity index (χ2n) is 24.3. The quantitative estimate of drug-likeness (QED) is 0.114. The Bertz CT molecular complexity index is 3790. The van der Waals surface area contributed by atoms with Gasteiger partial charge in [-0.3, -0.25) is 9.36 Å². The van der Waals surface area contributed by atoms with E-state index in [4.69, 9.17) is 9.05 Å². The summed E-state index contributed by atoms with van der Waals surface area (Å²) in [5, 5.41) is 23.7. The Morgan fingerprint density at radius 2 is 0.702 bits per heavy atom. The molecule has 6 aromatic carbocycles. The van der Waals surface area contributed by atoms with Crippen LogP contribution in [0.1, 0.15) is 267 Å². The van der Waals surface area contributed by atoms with Crippen LogP contribution in [0.25, 0.3) is 62.1 Å². The molecule has 0 fully saturated rings. The molecule has 12 aromatic rings. The van der Waals surface area contributed by atoms with E-state index in [0.29, 0.717) is 58.9 Å². The van der Waals surface area contributed by atoms with Gasteiger partial charge in [-0.25, -0.2) is 9.67 Å². The minimum Gasteiger partial charge on any atom is -0.334 e. The monoisotopic (exact) mass is 1420 g/mol. The van der Waals surface area contributed by atoms with Crippen LogP contribution in [0.2, 0.25) is 0 Å². The summed E-state index contributed by atoms with van der Waals surface area (Å²) < 4.78 is 17.7. The number of nitrogens with zero attached hydrogens (tertiary/aromatic N) is 13. The van der Waals surface area contributed by atoms with Crippen molar-refractivity contribution in [2.75, 3.05) is 0 Å². The van der Waals surface area contributed by atoms with Crippen molar-refractivity contribution in [3.63, 3.8) is 0 Å². The molecule has 0 N–H and O–H groups in total. The molecule has 0 spiro atoms. The Labute approximate surface area is 630 Å². The second-order valence-corrected chi connectivity index (χ2v) is 24.3. The summed E-state index contributed by atoms with van der Waals surface area (Å²) in [5.41, 5.74) is 19.6. The fourth-order valence-electron chi connectivity index (χ4n) is 9.34. The molecule has 0 saturated carbocycles. The van der Waals surface area contributed by atoms with Crippen molar-refractivity contribution >= 4 is 0 Å². The van der Waals surface area contributed by atoms with Crippen LogP contribution >= 0.6 is 0 Å². The molecule has 0 aliphatic heterocycles. The Balaban J connectivity index is 0. The van der Waals surface area contributed by atoms with Crippen LogP contribution in [-0.4, -0.2) is 64.4 Å². The van der Waals surface area contributed by atoms with Gasteiger partial charge in [0.15, 0.2) is 11.6 Å². The van der Waals surface area contributed by atoms with Crippen molar-refractivity contribution in [2.45, 2.75) is 237 Å². The largest absolute Gasteiger partial charge is 0.334 e. The normalized spacial score (nSPS) is 9.81. The highest BCUT2D eigenvalue weighted by atomic mass is 16.5. The Morgan fingerprint density at radius 3 is 0.971 bits per heavy atom. The van der Waals surface area contributed by atoms with Crippen molar-refractivity contribution in [1.29, 1.82) is 0 Å². The zero-order valence-corrected chi connectivity index (χ0v) is 68.0. The molecule has 0 aliphatic carbocycles. The SMILES string of the molecule is C.C.CC.CC.CC.CC.CC.CC.CC(C)c1ccc(-c2cncn2C)cc1.CC(C)c1ccc(-c2cnn(C)c2)cc1.CC(C)c1ccc(-n2ccnn2)cc1.Cc1c(-c2ccc(C(C)C)cc2)cnn1C.Cc1noc(-c2ccc(C(C)C)cc2)n1.Cc1noc(-c2ccc(C(C)C)cc2)n1. The first-order valence-corrected chi connectivity index (χ1v) is 37.1. The van der Waals surface area contributed by atoms with E-state index in [2.05, 4.69) is 257 Å². The van der Waals surface area contributed by atoms with Gasteiger partial charge in [0.2, 0.25) is 0 Å². The molecule has 0 unspecified atom stereocenters. The average molecular weight is 1420 g/mol. The molecule has 0 aliphatic rings. The van der Waals surface area contributed by atoms with Crippen LogP contribution in [0.3, 0.4) is 0 Å². The molecule has 0 saturated heterocycles. The van der Waals surface area contributed by atoms with Crippen molar-refractivity contribution < 1.29 is 9.05 Å². The number of aromatic nitrogens is 13. The average Bonchev–Trinajstić information content (AvgIpc) is 1.44. The summed E-state index contributed by atoms with van der Waals surface area (Å²) in [6.07, 6.45) is 13.1. The molecule has 12 rings (SSSR count). The maximum absolute atomic E-state index is 5.09. The summed E-state index contributed by atoms with van der Waals surface area (Å²) in [6, 6.07) is 51.0. The van der Waals surface area contributed by atoms with Gasteiger partial charge in [-0.15, -0.1) is 5.10 Å². The third kappa shape index (κ3) is 31.9. The molecule has 15 heteroatoms. The maximum atomic E-state index is 5.09. The van der Waals surface area contributed by atoms with E-state index in [1.165, 1.54) is 66.9 Å². The summed E-state index contributed by atoms with van der Waals surface area (Å²) in [5.74, 6) is 5.93. The number of aryl methyl sites for hydroxylation is 5. The molecular weight excluding hydrogens is 1280 g/mol. The highest BCUT2D eigenvalue weighted by molar-refractivity contribution is 5.66. The van der Waals surface area contributed by atoms with Crippen LogP contribution in [0.5, 0.6) is 0 Å². The van der Waals surface area contributed by atoms with E-state index in [9.17, 15) is 0 Å². The van der Waals surface area contributed by atoms with Gasteiger partial charge in [0, 0.05) is 55.3 Å². The van der Waals surface area contributed by atoms with Gasteiger partial charge in [0.05, 0.1) is 48.7 Å². The van der Waals surface area contributed by atoms with Crippen molar-refractivity contribution in [3.05, 3.63) is 240 Å². The molecule has 0 atom stereocenters. The first-order chi connectivity index (χ1) is 49.0. The first kappa shape index (κ1) is 96.4. The van der Waals surface area contributed by atoms with Crippen LogP contribution in [0.15, 0.2) is 198 Å². The molecule has 104 heavy (non-hydrogen) atoms. The number of imidazole rings is 1. The summed E-state index contributed by atoms with van der Waals surface area (Å²) in [4.78, 5) is 12.5. The smallest absolute Gasteiger partial charge is 0.257 e. The number of hydrogen-bond donors (Lipinski definition) is 0. The van der Waals surface area contributed by atoms with Crippen molar-refractivity contribution in [3.8, 4) is 62.1 Å². The number of benzene rings is 6. The summed E-state index contributed by atoms with van der Waals surface area (Å²) >= 11 is 0. The standard InChI is InChI=1S/C14H18N2.2C13H16N2.2C12H14N2O.C11H13N3.6C2H6.2CH4/c1-10(2)12-5-7-13(8-6-12)14-9-15-16(4)11(14)3;1-10(2)11-4-6-12(7-5-11)13-8-14-9-15(13)3;1-10(2)11-4-6-12(7-5-11)13-8-14-15(3)9-13;2*1-8(2)10-4-6-11(7-5-10)12-13-9(3)14-15-12;1-9(2)10-3-5-11(6-4-10)14-8-7-12-13-14;6*1-2;;/h5-10H,1-4H3;2*4-10H,1-3H3;2*4-8H,1-3H3;3-9H,1-2H3;6*1-2H3;2*1H4. The van der Waals surface area contributed by atoms with Crippen LogP contribution in [-0.2, 0) is 21.1 Å². The third-order valence-electron chi connectivity index (χ3n) is 15.4. The van der Waals surface area contributed by atoms with Gasteiger partial charge >= 0.3 is 0 Å². The molecular formula is C89H135N13O2. The molecule has 0 radical (unpaired) electrons. The molecule has 6 aromatic heterocycles. The molecule has 0 bridgehead atoms. The fraction of sp³-hybridized carbons (Fsp3) is 0.427. The van der Waals surface area contributed by atoms with Gasteiger partial charge < -0.3 is 13.6 Å². The van der Waals surface area contributed by atoms with Gasteiger partial charge in [0.25, 0.3) is 11.8 Å². The van der Waals surface area contributed by atoms with E-state index in [0.717, 1.165) is 22.5 Å². The maximum Gasteiger partial charge on any atom is 0.257 e. The molecule has 6 heterocycles. The lowest BCUT2D eigenvalue weighted by atomic mass is 9.99. The van der Waals surface area contributed by atoms with Gasteiger partial charge in [-0.1, -0.05) is 306 Å². The topological polar surface area (TPSA) is 162 Å². The highest BCUT2D eigenvalue weighted by Gasteiger charge is 2.11. The van der Waals surface area contributed by atoms with Gasteiger partial charge in [-0.05, 0) is 143 Å². The van der Waals surface area contributed by atoms with Gasteiger partial charge in [-0.2, -0.15) is 20.2 Å². The van der Waals surface area contributed by atoms with Crippen LogP contribution in [0.4, 0.5) is 0 Å². The first-order valence-electron chi connectivity index (χ1n) is 37.1. The van der Waals surface area contributed by atoms with Crippen LogP contribution < -0.4 is 0 Å². The van der Waals surface area contributed by atoms with E-state index in [1.54, 1.807) is 10.9 Å². The fourth-order valence-corrected chi connectivity index (χ4v) is 9.34. The van der Waals surface area contributed by atoms with E-state index >= 15 is 0 Å². The van der Waals surface area contributed by atoms with E-state index < -0.39 is 0 Å². The highest BCUT2D eigenvalue weighted by Crippen LogP contribution is 2.28. The Hall–Kier alpha value is -9.63. The zero-order valence-electron chi connectivity index (χ0n) is 68.0. The lowest BCUT2D eigenvalue weighted by Crippen LogP contribution is -1.95. The molecule has 0 amide bonds. The lowest BCUT2D eigenvalue weighted by Gasteiger charge is -2.07. The predicted octanol–water partition coefficient (Wildman–Crippen LogP) is 26.1. The van der Waals surface area contributed by atoms with Crippen molar-refractivity contribution in [2.24, 2.45) is 21.1 Å². The van der Waals surface area contributed by atoms with Crippen molar-refractivity contribution in [1.82, 2.24) is 64.4 Å².